The van der Waals surface area contributed by atoms with Crippen molar-refractivity contribution in [3.8, 4) is 0 Å². The molecule has 0 radical (unpaired) electrons. The Morgan fingerprint density at radius 2 is 1.00 bits per heavy atom. The lowest BCUT2D eigenvalue weighted by molar-refractivity contribution is -0.285. The second-order valence-electron chi connectivity index (χ2n) is 11.2. The number of ketones is 1. The van der Waals surface area contributed by atoms with Gasteiger partial charge in [-0.1, -0.05) is 53.1 Å². The zero-order valence-corrected chi connectivity index (χ0v) is 26.0. The van der Waals surface area contributed by atoms with Crippen molar-refractivity contribution >= 4 is 29.7 Å². The van der Waals surface area contributed by atoms with E-state index in [1.807, 2.05) is 20.8 Å². The summed E-state index contributed by atoms with van der Waals surface area (Å²) < 4.78 is 28.3. The van der Waals surface area contributed by atoms with E-state index >= 15 is 0 Å². The normalized spacial score (nSPS) is 20.7. The van der Waals surface area contributed by atoms with Gasteiger partial charge in [-0.25, -0.2) is 14.4 Å². The fourth-order valence-electron chi connectivity index (χ4n) is 4.60. The number of carbonyl (C=O) groups is 5. The Balaban J connectivity index is 1.69. The van der Waals surface area contributed by atoms with Crippen LogP contribution in [-0.2, 0) is 33.3 Å². The maximum absolute atomic E-state index is 13.4. The Bertz CT molecular complexity index is 1540. The highest BCUT2D eigenvalue weighted by molar-refractivity contribution is 5.91. The van der Waals surface area contributed by atoms with Gasteiger partial charge >= 0.3 is 23.9 Å². The lowest BCUT2D eigenvalue weighted by Gasteiger charge is -2.42. The van der Waals surface area contributed by atoms with Gasteiger partial charge in [0, 0.05) is 6.42 Å². The van der Waals surface area contributed by atoms with Crippen LogP contribution in [0.4, 0.5) is 0 Å². The highest BCUT2D eigenvalue weighted by Crippen LogP contribution is 2.30. The first kappa shape index (κ1) is 34.0. The molecule has 242 valence electrons. The molecule has 11 heteroatoms. The number of rotatable bonds is 11. The van der Waals surface area contributed by atoms with E-state index < -0.39 is 61.2 Å². The second-order valence-corrected chi connectivity index (χ2v) is 11.2. The molecule has 0 spiro atoms. The number of Topliss-reactive ketones (excluding diaryl/α,β-unsaturated/α-hetero) is 1. The molecule has 5 atom stereocenters. The molecule has 4 rings (SSSR count). The smallest absolute Gasteiger partial charge is 0.338 e. The summed E-state index contributed by atoms with van der Waals surface area (Å²) in [6.45, 7) is 6.31. The number of aliphatic hydroxyl groups is 1. The van der Waals surface area contributed by atoms with Gasteiger partial charge in [0.1, 0.15) is 18.5 Å². The van der Waals surface area contributed by atoms with Gasteiger partial charge in [0.05, 0.1) is 23.1 Å². The Hall–Kier alpha value is -4.87. The van der Waals surface area contributed by atoms with Crippen LogP contribution in [0.3, 0.4) is 0 Å². The Morgan fingerprint density at radius 3 is 1.41 bits per heavy atom. The third-order valence-corrected chi connectivity index (χ3v) is 7.29. The number of aryl methyl sites for hydroxylation is 3. The molecule has 1 unspecified atom stereocenters. The molecule has 0 bridgehead atoms. The van der Waals surface area contributed by atoms with E-state index in [-0.39, 0.29) is 35.3 Å². The number of esters is 4. The van der Waals surface area contributed by atoms with Crippen molar-refractivity contribution in [1.29, 1.82) is 0 Å². The molecule has 1 fully saturated rings. The van der Waals surface area contributed by atoms with Crippen molar-refractivity contribution in [2.24, 2.45) is 0 Å². The monoisotopic (exact) mass is 632 g/mol. The summed E-state index contributed by atoms with van der Waals surface area (Å²) in [4.78, 5) is 63.6. The predicted molar refractivity (Wildman–Crippen MR) is 163 cm³/mol. The van der Waals surface area contributed by atoms with Crippen molar-refractivity contribution in [2.75, 3.05) is 6.61 Å². The van der Waals surface area contributed by atoms with E-state index in [0.29, 0.717) is 0 Å². The average molecular weight is 633 g/mol. The highest BCUT2D eigenvalue weighted by Gasteiger charge is 2.52. The minimum atomic E-state index is -1.89. The zero-order valence-electron chi connectivity index (χ0n) is 26.0. The Kier molecular flexibility index (Phi) is 11.4. The molecule has 11 nitrogen and oxygen atoms in total. The molecule has 1 aliphatic heterocycles. The van der Waals surface area contributed by atoms with E-state index in [1.54, 1.807) is 36.4 Å². The molecule has 0 aromatic heterocycles. The van der Waals surface area contributed by atoms with Crippen LogP contribution < -0.4 is 0 Å². The van der Waals surface area contributed by atoms with E-state index in [9.17, 15) is 29.1 Å². The Morgan fingerprint density at radius 1 is 0.609 bits per heavy atom. The van der Waals surface area contributed by atoms with Crippen LogP contribution in [0.25, 0.3) is 0 Å². The van der Waals surface area contributed by atoms with Crippen LogP contribution in [0.1, 0.15) is 67.5 Å². The standard InChI is InChI=1S/C35H36O11/c1-20-5-12-24(13-6-20)32(38)44-29-27(19-42-28(37)18-11-23(4)36)43-35(41)31(46-34(40)26-16-9-22(3)10-17-26)30(29)45-33(39)25-14-7-21(2)8-15-25/h5-10,12-17,27,29-31,35,41H,11,18-19H2,1-4H3/t27-,29-,30+,31-,35?/m1/s1. The summed E-state index contributed by atoms with van der Waals surface area (Å²) in [6, 6.07) is 19.4. The largest absolute Gasteiger partial charge is 0.463 e. The van der Waals surface area contributed by atoms with Gasteiger partial charge in [0.15, 0.2) is 24.6 Å². The highest BCUT2D eigenvalue weighted by atomic mass is 16.7. The van der Waals surface area contributed by atoms with Crippen LogP contribution in [0.15, 0.2) is 72.8 Å². The van der Waals surface area contributed by atoms with Gasteiger partial charge in [0.2, 0.25) is 0 Å². The molecule has 1 aliphatic rings. The molecular weight excluding hydrogens is 596 g/mol. The average Bonchev–Trinajstić information content (AvgIpc) is 3.02. The molecule has 0 aliphatic carbocycles. The van der Waals surface area contributed by atoms with Crippen molar-refractivity contribution in [2.45, 2.75) is 71.2 Å². The fraction of sp³-hybridized carbons (Fsp3) is 0.343. The van der Waals surface area contributed by atoms with Crippen molar-refractivity contribution < 1.29 is 52.8 Å². The lowest BCUT2D eigenvalue weighted by Crippen LogP contribution is -2.62. The first-order valence-electron chi connectivity index (χ1n) is 14.7. The summed E-state index contributed by atoms with van der Waals surface area (Å²) in [6.07, 6.45) is -8.31. The van der Waals surface area contributed by atoms with Crippen molar-refractivity contribution in [1.82, 2.24) is 0 Å². The third kappa shape index (κ3) is 9.09. The van der Waals surface area contributed by atoms with E-state index in [4.69, 9.17) is 23.7 Å². The molecule has 1 saturated heterocycles. The van der Waals surface area contributed by atoms with Crippen LogP contribution in [0.5, 0.6) is 0 Å². The SMILES string of the molecule is CC(=O)CCC(=O)OC[C@H]1OC(O)[C@H](OC(=O)c2ccc(C)cc2)[C@@H](OC(=O)c2ccc(C)cc2)[C@@H]1OC(=O)c1ccc(C)cc1. The van der Waals surface area contributed by atoms with E-state index in [1.165, 1.54) is 43.3 Å². The first-order chi connectivity index (χ1) is 21.9. The predicted octanol–water partition coefficient (Wildman–Crippen LogP) is 4.22. The maximum Gasteiger partial charge on any atom is 0.338 e. The van der Waals surface area contributed by atoms with E-state index in [0.717, 1.165) is 16.7 Å². The molecule has 46 heavy (non-hydrogen) atoms. The summed E-state index contributed by atoms with van der Waals surface area (Å²) in [5.41, 5.74) is 3.13. The topological polar surface area (TPSA) is 152 Å². The minimum Gasteiger partial charge on any atom is -0.463 e. The molecule has 1 heterocycles. The maximum atomic E-state index is 13.4. The first-order valence-corrected chi connectivity index (χ1v) is 14.7. The van der Waals surface area contributed by atoms with Crippen LogP contribution in [0.2, 0.25) is 0 Å². The Labute approximate surface area is 266 Å². The zero-order chi connectivity index (χ0) is 33.4. The molecule has 0 amide bonds. The summed E-state index contributed by atoms with van der Waals surface area (Å²) in [5, 5.41) is 11.1. The van der Waals surface area contributed by atoms with Gasteiger partial charge in [-0.05, 0) is 64.1 Å². The fourth-order valence-corrected chi connectivity index (χ4v) is 4.60. The molecule has 0 saturated carbocycles. The van der Waals surface area contributed by atoms with Crippen molar-refractivity contribution in [3.63, 3.8) is 0 Å². The number of ether oxygens (including phenoxy) is 5. The number of hydrogen-bond acceptors (Lipinski definition) is 11. The van der Waals surface area contributed by atoms with Crippen molar-refractivity contribution in [3.05, 3.63) is 106 Å². The second kappa shape index (κ2) is 15.4. The van der Waals surface area contributed by atoms with Gasteiger partial charge in [-0.3, -0.25) is 4.79 Å². The molecule has 1 N–H and O–H groups in total. The number of aliphatic hydroxyl groups excluding tert-OH is 1. The van der Waals surface area contributed by atoms with Crippen LogP contribution >= 0.6 is 0 Å². The van der Waals surface area contributed by atoms with Gasteiger partial charge in [0.25, 0.3) is 0 Å². The van der Waals surface area contributed by atoms with Gasteiger partial charge in [-0.15, -0.1) is 0 Å². The number of carbonyl (C=O) groups excluding carboxylic acids is 5. The summed E-state index contributed by atoms with van der Waals surface area (Å²) in [7, 11) is 0. The third-order valence-electron chi connectivity index (χ3n) is 7.29. The molecule has 3 aromatic rings. The summed E-state index contributed by atoms with van der Waals surface area (Å²) >= 11 is 0. The quantitative estimate of drug-likeness (QED) is 0.239. The van der Waals surface area contributed by atoms with E-state index in [2.05, 4.69) is 0 Å². The number of benzene rings is 3. The molecule has 3 aromatic carbocycles. The summed E-state index contributed by atoms with van der Waals surface area (Å²) in [5.74, 6) is -3.51. The van der Waals surface area contributed by atoms with Crippen LogP contribution in [0, 0.1) is 20.8 Å². The van der Waals surface area contributed by atoms with Gasteiger partial charge < -0.3 is 33.6 Å². The van der Waals surface area contributed by atoms with Crippen LogP contribution in [-0.4, -0.2) is 72.1 Å². The number of hydrogen-bond donors (Lipinski definition) is 1. The molecular formula is C35H36O11. The van der Waals surface area contributed by atoms with Gasteiger partial charge in [-0.2, -0.15) is 0 Å². The lowest BCUT2D eigenvalue weighted by atomic mass is 9.97. The minimum absolute atomic E-state index is 0.0490.